The maximum atomic E-state index is 3.58. The van der Waals surface area contributed by atoms with Crippen LogP contribution in [0.2, 0.25) is 0 Å². The molecular weight excluding hydrogens is 250 g/mol. The summed E-state index contributed by atoms with van der Waals surface area (Å²) < 4.78 is 1.21. The fourth-order valence-electron chi connectivity index (χ4n) is 3.27. The predicted molar refractivity (Wildman–Crippen MR) is 67.3 cm³/mol. The van der Waals surface area contributed by atoms with Crippen molar-refractivity contribution in [3.05, 3.63) is 28.2 Å². The molecule has 1 nitrogen and oxygen atoms in total. The molecule has 0 bridgehead atoms. The van der Waals surface area contributed by atoms with Gasteiger partial charge < -0.3 is 5.32 Å². The van der Waals surface area contributed by atoms with Crippen LogP contribution in [-0.2, 0) is 5.41 Å². The Morgan fingerprint density at radius 1 is 1.47 bits per heavy atom. The Kier molecular flexibility index (Phi) is 2.10. The normalized spacial score (nSPS) is 33.1. The van der Waals surface area contributed by atoms with Crippen molar-refractivity contribution in [2.24, 2.45) is 5.92 Å². The van der Waals surface area contributed by atoms with E-state index < -0.39 is 0 Å². The van der Waals surface area contributed by atoms with Crippen LogP contribution in [0, 0.1) is 5.92 Å². The van der Waals surface area contributed by atoms with E-state index in [-0.39, 0.29) is 0 Å². The Morgan fingerprint density at radius 3 is 3.07 bits per heavy atom. The molecule has 1 fully saturated rings. The summed E-state index contributed by atoms with van der Waals surface area (Å²) in [6, 6.07) is 6.65. The van der Waals surface area contributed by atoms with E-state index in [1.165, 1.54) is 29.4 Å². The molecular formula is C13H16BrN. The van der Waals surface area contributed by atoms with E-state index in [4.69, 9.17) is 0 Å². The summed E-state index contributed by atoms with van der Waals surface area (Å²) in [6.07, 6.45) is 4.09. The summed E-state index contributed by atoms with van der Waals surface area (Å²) in [7, 11) is 0. The van der Waals surface area contributed by atoms with Gasteiger partial charge in [-0.15, -0.1) is 0 Å². The molecule has 0 amide bonds. The van der Waals surface area contributed by atoms with E-state index in [1.807, 2.05) is 0 Å². The maximum absolute atomic E-state index is 3.58. The van der Waals surface area contributed by atoms with Crippen molar-refractivity contribution in [2.45, 2.75) is 31.6 Å². The van der Waals surface area contributed by atoms with Crippen molar-refractivity contribution in [2.75, 3.05) is 11.9 Å². The highest BCUT2D eigenvalue weighted by atomic mass is 79.9. The van der Waals surface area contributed by atoms with Gasteiger partial charge in [-0.05, 0) is 48.9 Å². The zero-order valence-corrected chi connectivity index (χ0v) is 10.6. The number of hydrogen-bond acceptors (Lipinski definition) is 1. The Balaban J connectivity index is 2.07. The third-order valence-corrected chi connectivity index (χ3v) is 4.52. The Bertz CT molecular complexity index is 398. The average Bonchev–Trinajstić information content (AvgIpc) is 2.74. The second-order valence-electron chi connectivity index (χ2n) is 5.17. The van der Waals surface area contributed by atoms with E-state index in [2.05, 4.69) is 46.4 Å². The fourth-order valence-corrected chi connectivity index (χ4v) is 3.63. The van der Waals surface area contributed by atoms with Crippen molar-refractivity contribution < 1.29 is 0 Å². The van der Waals surface area contributed by atoms with Gasteiger partial charge in [0, 0.05) is 22.1 Å². The van der Waals surface area contributed by atoms with E-state index in [9.17, 15) is 0 Å². The Labute approximate surface area is 99.4 Å². The molecule has 80 valence electrons. The SMILES string of the molecule is CC1CCC2(CNc3ccc(Br)cc32)C1. The number of halogens is 1. The first-order valence-corrected chi connectivity index (χ1v) is 6.53. The lowest BCUT2D eigenvalue weighted by Gasteiger charge is -2.23. The molecule has 2 heteroatoms. The minimum atomic E-state index is 0.443. The standard InChI is InChI=1S/C13H16BrN/c1-9-4-5-13(7-9)8-15-12-3-2-10(14)6-11(12)13/h2-3,6,9,15H,4-5,7-8H2,1H3. The van der Waals surface area contributed by atoms with Crippen LogP contribution in [0.3, 0.4) is 0 Å². The largest absolute Gasteiger partial charge is 0.384 e. The van der Waals surface area contributed by atoms with Gasteiger partial charge in [-0.3, -0.25) is 0 Å². The highest BCUT2D eigenvalue weighted by Gasteiger charge is 2.43. The van der Waals surface area contributed by atoms with Crippen molar-refractivity contribution in [3.63, 3.8) is 0 Å². The topological polar surface area (TPSA) is 12.0 Å². The minimum absolute atomic E-state index is 0.443. The third kappa shape index (κ3) is 1.42. The number of hydrogen-bond donors (Lipinski definition) is 1. The fraction of sp³-hybridized carbons (Fsp3) is 0.538. The van der Waals surface area contributed by atoms with Crippen LogP contribution >= 0.6 is 15.9 Å². The molecule has 1 heterocycles. The molecule has 2 atom stereocenters. The average molecular weight is 266 g/mol. The molecule has 15 heavy (non-hydrogen) atoms. The van der Waals surface area contributed by atoms with E-state index in [0.717, 1.165) is 12.5 Å². The van der Waals surface area contributed by atoms with Crippen molar-refractivity contribution in [1.29, 1.82) is 0 Å². The molecule has 1 aromatic rings. The van der Waals surface area contributed by atoms with Crippen LogP contribution in [0.15, 0.2) is 22.7 Å². The third-order valence-electron chi connectivity index (χ3n) is 4.03. The molecule has 0 saturated heterocycles. The van der Waals surface area contributed by atoms with Gasteiger partial charge in [0.2, 0.25) is 0 Å². The van der Waals surface area contributed by atoms with Crippen LogP contribution in [0.4, 0.5) is 5.69 Å². The molecule has 0 radical (unpaired) electrons. The summed E-state index contributed by atoms with van der Waals surface area (Å²) in [5, 5.41) is 3.56. The molecule has 1 aliphatic carbocycles. The number of anilines is 1. The van der Waals surface area contributed by atoms with Gasteiger partial charge in [0.25, 0.3) is 0 Å². The monoisotopic (exact) mass is 265 g/mol. The van der Waals surface area contributed by atoms with E-state index in [1.54, 1.807) is 5.56 Å². The second-order valence-corrected chi connectivity index (χ2v) is 6.09. The van der Waals surface area contributed by atoms with Crippen LogP contribution in [0.25, 0.3) is 0 Å². The van der Waals surface area contributed by atoms with Crippen LogP contribution < -0.4 is 5.32 Å². The molecule has 1 saturated carbocycles. The number of fused-ring (bicyclic) bond motifs is 2. The van der Waals surface area contributed by atoms with Crippen LogP contribution in [-0.4, -0.2) is 6.54 Å². The smallest absolute Gasteiger partial charge is 0.0380 e. The second kappa shape index (κ2) is 3.24. The highest BCUT2D eigenvalue weighted by Crippen LogP contribution is 2.50. The van der Waals surface area contributed by atoms with Gasteiger partial charge in [0.05, 0.1) is 0 Å². The van der Waals surface area contributed by atoms with Gasteiger partial charge in [-0.25, -0.2) is 0 Å². The highest BCUT2D eigenvalue weighted by molar-refractivity contribution is 9.10. The minimum Gasteiger partial charge on any atom is -0.384 e. The van der Waals surface area contributed by atoms with Gasteiger partial charge in [0.15, 0.2) is 0 Å². The summed E-state index contributed by atoms with van der Waals surface area (Å²) >= 11 is 3.58. The predicted octanol–water partition coefficient (Wildman–Crippen LogP) is 3.93. The quantitative estimate of drug-likeness (QED) is 0.750. The van der Waals surface area contributed by atoms with Crippen molar-refractivity contribution in [3.8, 4) is 0 Å². The van der Waals surface area contributed by atoms with Crippen LogP contribution in [0.5, 0.6) is 0 Å². The zero-order valence-electron chi connectivity index (χ0n) is 9.02. The zero-order chi connectivity index (χ0) is 10.5. The molecule has 3 rings (SSSR count). The summed E-state index contributed by atoms with van der Waals surface area (Å²) in [5.74, 6) is 0.886. The summed E-state index contributed by atoms with van der Waals surface area (Å²) in [5.41, 5.74) is 3.34. The van der Waals surface area contributed by atoms with Gasteiger partial charge in [-0.1, -0.05) is 22.9 Å². The first kappa shape index (κ1) is 9.71. The van der Waals surface area contributed by atoms with Gasteiger partial charge in [-0.2, -0.15) is 0 Å². The molecule has 2 aliphatic rings. The Hall–Kier alpha value is -0.500. The molecule has 1 aliphatic heterocycles. The molecule has 1 spiro atoms. The van der Waals surface area contributed by atoms with Crippen molar-refractivity contribution in [1.82, 2.24) is 0 Å². The summed E-state index contributed by atoms with van der Waals surface area (Å²) in [6.45, 7) is 3.52. The number of benzene rings is 1. The first-order chi connectivity index (χ1) is 7.20. The lowest BCUT2D eigenvalue weighted by Crippen LogP contribution is -2.24. The lowest BCUT2D eigenvalue weighted by atomic mass is 9.80. The summed E-state index contributed by atoms with van der Waals surface area (Å²) in [4.78, 5) is 0. The molecule has 1 aromatic carbocycles. The van der Waals surface area contributed by atoms with Gasteiger partial charge >= 0.3 is 0 Å². The number of nitrogens with one attached hydrogen (secondary N) is 1. The molecule has 0 aromatic heterocycles. The van der Waals surface area contributed by atoms with Gasteiger partial charge in [0.1, 0.15) is 0 Å². The van der Waals surface area contributed by atoms with Crippen molar-refractivity contribution >= 4 is 21.6 Å². The number of rotatable bonds is 0. The molecule has 1 N–H and O–H groups in total. The first-order valence-electron chi connectivity index (χ1n) is 5.74. The van der Waals surface area contributed by atoms with E-state index in [0.29, 0.717) is 5.41 Å². The molecule has 2 unspecified atom stereocenters. The Morgan fingerprint density at radius 2 is 2.33 bits per heavy atom. The maximum Gasteiger partial charge on any atom is 0.0380 e. The van der Waals surface area contributed by atoms with E-state index >= 15 is 0 Å². The lowest BCUT2D eigenvalue weighted by molar-refractivity contribution is 0.465. The van der Waals surface area contributed by atoms with Crippen LogP contribution in [0.1, 0.15) is 31.7 Å².